The van der Waals surface area contributed by atoms with Crippen LogP contribution in [-0.2, 0) is 4.79 Å². The van der Waals surface area contributed by atoms with Gasteiger partial charge in [-0.25, -0.2) is 4.39 Å². The molecule has 0 bridgehead atoms. The minimum atomic E-state index is -0.516. The Hall–Kier alpha value is -3.32. The summed E-state index contributed by atoms with van der Waals surface area (Å²) >= 11 is 1.08. The van der Waals surface area contributed by atoms with Crippen LogP contribution >= 0.6 is 11.8 Å². The molecule has 7 heteroatoms. The van der Waals surface area contributed by atoms with E-state index in [1.807, 2.05) is 48.5 Å². The van der Waals surface area contributed by atoms with Crippen LogP contribution in [0, 0.1) is 5.82 Å². The number of ketones is 1. The van der Waals surface area contributed by atoms with Crippen molar-refractivity contribution in [2.24, 2.45) is 0 Å². The molecule has 3 rings (SSSR count). The Bertz CT molecular complexity index is 1040. The molecule has 0 aliphatic rings. The number of carbonyl (C=O) groups is 2. The van der Waals surface area contributed by atoms with Gasteiger partial charge in [0.05, 0.1) is 26.0 Å². The quantitative estimate of drug-likeness (QED) is 0.363. The summed E-state index contributed by atoms with van der Waals surface area (Å²) in [6.07, 6.45) is 0. The molecule has 0 radical (unpaired) electrons. The van der Waals surface area contributed by atoms with E-state index in [1.54, 1.807) is 20.3 Å². The van der Waals surface area contributed by atoms with Crippen molar-refractivity contribution in [1.82, 2.24) is 5.32 Å². The highest BCUT2D eigenvalue weighted by molar-refractivity contribution is 8.00. The van der Waals surface area contributed by atoms with E-state index in [4.69, 9.17) is 9.47 Å². The van der Waals surface area contributed by atoms with Gasteiger partial charge in [0.15, 0.2) is 5.78 Å². The van der Waals surface area contributed by atoms with Crippen LogP contribution in [-0.4, -0.2) is 31.7 Å². The zero-order chi connectivity index (χ0) is 23.1. The van der Waals surface area contributed by atoms with Crippen LogP contribution in [0.25, 0.3) is 0 Å². The first-order valence-corrected chi connectivity index (χ1v) is 10.9. The van der Waals surface area contributed by atoms with Crippen molar-refractivity contribution in [3.63, 3.8) is 0 Å². The summed E-state index contributed by atoms with van der Waals surface area (Å²) in [4.78, 5) is 24.5. The number of nitrogens with one attached hydrogen (secondary N) is 1. The Labute approximate surface area is 190 Å². The SMILES string of the molecule is COc1ccc(C(NC(=O)CSc2ccc(C(C)=O)cc2F)c2ccc(OC)cc2)cc1. The van der Waals surface area contributed by atoms with Crippen molar-refractivity contribution in [2.75, 3.05) is 20.0 Å². The normalized spacial score (nSPS) is 10.7. The predicted octanol–water partition coefficient (Wildman–Crippen LogP) is 5.04. The lowest BCUT2D eigenvalue weighted by Gasteiger charge is -2.20. The second kappa shape index (κ2) is 10.8. The van der Waals surface area contributed by atoms with Crippen LogP contribution in [0.2, 0.25) is 0 Å². The number of hydrogen-bond donors (Lipinski definition) is 1. The third kappa shape index (κ3) is 5.88. The number of hydrogen-bond acceptors (Lipinski definition) is 5. The number of Topliss-reactive ketones (excluding diaryl/α,β-unsaturated/α-hetero) is 1. The van der Waals surface area contributed by atoms with Crippen molar-refractivity contribution >= 4 is 23.5 Å². The van der Waals surface area contributed by atoms with Crippen molar-refractivity contribution < 1.29 is 23.5 Å². The molecule has 5 nitrogen and oxygen atoms in total. The van der Waals surface area contributed by atoms with Crippen LogP contribution in [0.5, 0.6) is 11.5 Å². The highest BCUT2D eigenvalue weighted by Gasteiger charge is 2.18. The zero-order valence-electron chi connectivity index (χ0n) is 18.1. The standard InChI is InChI=1S/C25H24FNO4S/c1-16(28)19-8-13-23(22(26)14-19)32-15-24(29)27-25(17-4-9-20(30-2)10-5-17)18-6-11-21(31-3)12-7-18/h4-14,25H,15H2,1-3H3,(H,27,29). The van der Waals surface area contributed by atoms with E-state index < -0.39 is 11.9 Å². The number of ether oxygens (including phenoxy) is 2. The van der Waals surface area contributed by atoms with Gasteiger partial charge in [0.25, 0.3) is 0 Å². The number of rotatable bonds is 9. The summed E-state index contributed by atoms with van der Waals surface area (Å²) in [5, 5.41) is 3.03. The van der Waals surface area contributed by atoms with Gasteiger partial charge >= 0.3 is 0 Å². The molecule has 0 aromatic heterocycles. The van der Waals surface area contributed by atoms with Crippen molar-refractivity contribution in [3.05, 3.63) is 89.2 Å². The fourth-order valence-corrected chi connectivity index (χ4v) is 3.87. The van der Waals surface area contributed by atoms with Crippen LogP contribution in [0.15, 0.2) is 71.6 Å². The van der Waals surface area contributed by atoms with E-state index in [1.165, 1.54) is 19.1 Å². The third-order valence-electron chi connectivity index (χ3n) is 4.90. The lowest BCUT2D eigenvalue weighted by Crippen LogP contribution is -2.30. The summed E-state index contributed by atoms with van der Waals surface area (Å²) in [5.74, 6) is 0.486. The fraction of sp³-hybridized carbons (Fsp3) is 0.200. The summed E-state index contributed by atoms with van der Waals surface area (Å²) < 4.78 is 24.7. The van der Waals surface area contributed by atoms with E-state index in [0.29, 0.717) is 22.0 Å². The smallest absolute Gasteiger partial charge is 0.231 e. The third-order valence-corrected chi connectivity index (χ3v) is 5.95. The Morgan fingerprint density at radius 2 is 1.44 bits per heavy atom. The minimum absolute atomic E-state index is 0.0269. The summed E-state index contributed by atoms with van der Waals surface area (Å²) in [6, 6.07) is 18.8. The largest absolute Gasteiger partial charge is 0.497 e. The molecule has 0 aliphatic heterocycles. The predicted molar refractivity (Wildman–Crippen MR) is 123 cm³/mol. The lowest BCUT2D eigenvalue weighted by molar-refractivity contribution is -0.119. The molecular formula is C25H24FNO4S. The van der Waals surface area contributed by atoms with Gasteiger partial charge in [-0.3, -0.25) is 9.59 Å². The minimum Gasteiger partial charge on any atom is -0.497 e. The van der Waals surface area contributed by atoms with Crippen molar-refractivity contribution in [1.29, 1.82) is 0 Å². The van der Waals surface area contributed by atoms with Gasteiger partial charge in [-0.2, -0.15) is 0 Å². The van der Waals surface area contributed by atoms with Crippen molar-refractivity contribution in [3.8, 4) is 11.5 Å². The van der Waals surface area contributed by atoms with Crippen LogP contribution in [0.4, 0.5) is 4.39 Å². The van der Waals surface area contributed by atoms with E-state index in [9.17, 15) is 14.0 Å². The Morgan fingerprint density at radius 1 is 0.906 bits per heavy atom. The van der Waals surface area contributed by atoms with Crippen LogP contribution in [0.3, 0.4) is 0 Å². The maximum Gasteiger partial charge on any atom is 0.231 e. The molecule has 3 aromatic rings. The molecule has 0 saturated carbocycles. The average molecular weight is 454 g/mol. The molecule has 32 heavy (non-hydrogen) atoms. The molecule has 0 heterocycles. The molecule has 1 amide bonds. The monoisotopic (exact) mass is 453 g/mol. The van der Waals surface area contributed by atoms with Gasteiger partial charge < -0.3 is 14.8 Å². The highest BCUT2D eigenvalue weighted by atomic mass is 32.2. The molecule has 0 aliphatic carbocycles. The van der Waals surface area contributed by atoms with Gasteiger partial charge in [-0.1, -0.05) is 30.3 Å². The van der Waals surface area contributed by atoms with Crippen LogP contribution in [0.1, 0.15) is 34.5 Å². The number of benzene rings is 3. The fourth-order valence-electron chi connectivity index (χ4n) is 3.13. The number of methoxy groups -OCH3 is 2. The molecule has 166 valence electrons. The topological polar surface area (TPSA) is 64.6 Å². The summed E-state index contributed by atoms with van der Waals surface area (Å²) in [5.41, 5.74) is 2.06. The first-order chi connectivity index (χ1) is 15.4. The zero-order valence-corrected chi connectivity index (χ0v) is 18.9. The number of amides is 1. The van der Waals surface area contributed by atoms with E-state index in [-0.39, 0.29) is 17.4 Å². The number of halogens is 1. The maximum atomic E-state index is 14.3. The molecule has 0 saturated heterocycles. The van der Waals surface area contributed by atoms with Gasteiger partial charge in [-0.15, -0.1) is 11.8 Å². The summed E-state index contributed by atoms with van der Waals surface area (Å²) in [7, 11) is 3.19. The van der Waals surface area contributed by atoms with Crippen molar-refractivity contribution in [2.45, 2.75) is 17.9 Å². The Kier molecular flexibility index (Phi) is 7.89. The molecule has 0 unspecified atom stereocenters. The van der Waals surface area contributed by atoms with E-state index in [2.05, 4.69) is 5.32 Å². The molecular weight excluding hydrogens is 429 g/mol. The van der Waals surface area contributed by atoms with Gasteiger partial charge in [0.1, 0.15) is 17.3 Å². The highest BCUT2D eigenvalue weighted by Crippen LogP contribution is 2.27. The molecule has 1 N–H and O–H groups in total. The first-order valence-electron chi connectivity index (χ1n) is 9.92. The number of carbonyl (C=O) groups excluding carboxylic acids is 2. The van der Waals surface area contributed by atoms with Gasteiger partial charge in [0, 0.05) is 10.5 Å². The van der Waals surface area contributed by atoms with Crippen LogP contribution < -0.4 is 14.8 Å². The Morgan fingerprint density at radius 3 is 1.88 bits per heavy atom. The Balaban J connectivity index is 1.76. The van der Waals surface area contributed by atoms with Gasteiger partial charge in [0.2, 0.25) is 5.91 Å². The van der Waals surface area contributed by atoms with Gasteiger partial charge in [-0.05, 0) is 54.4 Å². The molecule has 0 atom stereocenters. The second-order valence-electron chi connectivity index (χ2n) is 7.04. The van der Waals surface area contributed by atoms with E-state index in [0.717, 1.165) is 22.9 Å². The summed E-state index contributed by atoms with van der Waals surface area (Å²) in [6.45, 7) is 1.38. The molecule has 0 spiro atoms. The molecule has 3 aromatic carbocycles. The average Bonchev–Trinajstić information content (AvgIpc) is 2.82. The van der Waals surface area contributed by atoms with E-state index >= 15 is 0 Å². The maximum absolute atomic E-state index is 14.3. The first kappa shape index (κ1) is 23.3. The number of thioether (sulfide) groups is 1. The lowest BCUT2D eigenvalue weighted by atomic mass is 9.98. The second-order valence-corrected chi connectivity index (χ2v) is 8.05. The molecule has 0 fully saturated rings.